The zero-order valence-corrected chi connectivity index (χ0v) is 17.4. The number of hydrogen-bond acceptors (Lipinski definition) is 7. The average molecular weight is 409 g/mol. The van der Waals surface area contributed by atoms with Gasteiger partial charge in [-0.05, 0) is 25.8 Å². The van der Waals surface area contributed by atoms with E-state index in [9.17, 15) is 9.59 Å². The van der Waals surface area contributed by atoms with Gasteiger partial charge in [-0.2, -0.15) is 0 Å². The van der Waals surface area contributed by atoms with Crippen molar-refractivity contribution in [3.63, 3.8) is 0 Å². The van der Waals surface area contributed by atoms with Crippen LogP contribution in [-0.2, 0) is 16.6 Å². The summed E-state index contributed by atoms with van der Waals surface area (Å²) in [7, 11) is 3.29. The molecular formula is C18H24N4O3S2. The molecule has 0 bridgehead atoms. The number of anilines is 1. The van der Waals surface area contributed by atoms with Crippen LogP contribution in [0, 0.1) is 6.92 Å². The molecule has 0 aromatic carbocycles. The van der Waals surface area contributed by atoms with Gasteiger partial charge in [-0.25, -0.2) is 4.79 Å². The molecule has 0 atom stereocenters. The first kappa shape index (κ1) is 19.9. The zero-order valence-electron chi connectivity index (χ0n) is 15.8. The number of carbonyl (C=O) groups is 2. The normalized spacial score (nSPS) is 14.9. The Labute approximate surface area is 166 Å². The minimum absolute atomic E-state index is 0.186. The van der Waals surface area contributed by atoms with Gasteiger partial charge < -0.3 is 14.6 Å². The first-order chi connectivity index (χ1) is 13.0. The van der Waals surface area contributed by atoms with Crippen molar-refractivity contribution >= 4 is 40.0 Å². The Kier molecular flexibility index (Phi) is 6.54. The van der Waals surface area contributed by atoms with Crippen molar-refractivity contribution in [3.8, 4) is 0 Å². The summed E-state index contributed by atoms with van der Waals surface area (Å²) in [6, 6.07) is 1.72. The van der Waals surface area contributed by atoms with Gasteiger partial charge >= 0.3 is 5.97 Å². The van der Waals surface area contributed by atoms with E-state index in [0.717, 1.165) is 28.7 Å². The summed E-state index contributed by atoms with van der Waals surface area (Å²) in [5.74, 6) is 1.05. The van der Waals surface area contributed by atoms with Crippen LogP contribution in [0.4, 0.5) is 5.00 Å². The summed E-state index contributed by atoms with van der Waals surface area (Å²) in [5, 5.41) is 12.7. The van der Waals surface area contributed by atoms with Crippen LogP contribution in [0.25, 0.3) is 0 Å². The van der Waals surface area contributed by atoms with Gasteiger partial charge in [-0.3, -0.25) is 4.79 Å². The van der Waals surface area contributed by atoms with E-state index in [0.29, 0.717) is 16.5 Å². The largest absolute Gasteiger partial charge is 0.465 e. The van der Waals surface area contributed by atoms with Crippen LogP contribution in [0.5, 0.6) is 0 Å². The molecular weight excluding hydrogens is 384 g/mol. The maximum atomic E-state index is 12.3. The Morgan fingerprint density at radius 3 is 2.78 bits per heavy atom. The molecule has 1 N–H and O–H groups in total. The van der Waals surface area contributed by atoms with E-state index < -0.39 is 5.97 Å². The number of methoxy groups -OCH3 is 1. The average Bonchev–Trinajstić information content (AvgIpc) is 3.22. The molecule has 146 valence electrons. The van der Waals surface area contributed by atoms with Crippen LogP contribution in [0.2, 0.25) is 0 Å². The second-order valence-corrected chi connectivity index (χ2v) is 8.86. The fourth-order valence-electron chi connectivity index (χ4n) is 3.33. The lowest BCUT2D eigenvalue weighted by atomic mass is 9.89. The molecule has 9 heteroatoms. The van der Waals surface area contributed by atoms with Gasteiger partial charge in [0.25, 0.3) is 0 Å². The van der Waals surface area contributed by atoms with Gasteiger partial charge in [0.15, 0.2) is 5.16 Å². The Balaban J connectivity index is 1.60. The number of aryl methyl sites for hydroxylation is 1. The first-order valence-electron chi connectivity index (χ1n) is 9.00. The molecule has 0 aliphatic heterocycles. The fraction of sp³-hybridized carbons (Fsp3) is 0.556. The predicted molar refractivity (Wildman–Crippen MR) is 107 cm³/mol. The van der Waals surface area contributed by atoms with Gasteiger partial charge in [0, 0.05) is 17.8 Å². The minimum atomic E-state index is -0.451. The maximum Gasteiger partial charge on any atom is 0.340 e. The zero-order chi connectivity index (χ0) is 19.4. The molecule has 2 heterocycles. The number of rotatable bonds is 6. The summed E-state index contributed by atoms with van der Waals surface area (Å²) in [6.07, 6.45) is 6.10. The number of carbonyl (C=O) groups excluding carboxylic acids is 2. The highest BCUT2D eigenvalue weighted by atomic mass is 32.2. The maximum absolute atomic E-state index is 12.3. The number of ether oxygens (including phenoxy) is 1. The molecule has 1 fully saturated rings. The van der Waals surface area contributed by atoms with Crippen molar-refractivity contribution in [3.05, 3.63) is 22.3 Å². The Bertz CT molecular complexity index is 825. The highest BCUT2D eigenvalue weighted by molar-refractivity contribution is 7.99. The smallest absolute Gasteiger partial charge is 0.340 e. The minimum Gasteiger partial charge on any atom is -0.465 e. The Hall–Kier alpha value is -1.87. The van der Waals surface area contributed by atoms with Crippen molar-refractivity contribution < 1.29 is 14.3 Å². The number of aromatic nitrogens is 3. The summed E-state index contributed by atoms with van der Waals surface area (Å²) >= 11 is 2.71. The van der Waals surface area contributed by atoms with Gasteiger partial charge in [-0.1, -0.05) is 31.0 Å². The molecule has 2 aromatic rings. The second-order valence-electron chi connectivity index (χ2n) is 6.66. The summed E-state index contributed by atoms with van der Waals surface area (Å²) in [5.41, 5.74) is 0.386. The quantitative estimate of drug-likeness (QED) is 0.579. The lowest BCUT2D eigenvalue weighted by molar-refractivity contribution is -0.113. The standard InChI is InChI=1S/C18H24N4O3S2/c1-11-9-13(17(24)25-3)16(27-11)19-14(23)10-26-18-21-20-15(22(18)2)12-7-5-4-6-8-12/h9,12H,4-8,10H2,1-3H3,(H,19,23). The van der Waals surface area contributed by atoms with Crippen molar-refractivity contribution in [2.75, 3.05) is 18.2 Å². The van der Waals surface area contributed by atoms with Crippen LogP contribution in [0.1, 0.15) is 59.1 Å². The molecule has 0 radical (unpaired) electrons. The number of thioether (sulfide) groups is 1. The summed E-state index contributed by atoms with van der Waals surface area (Å²) < 4.78 is 6.77. The third kappa shape index (κ3) is 4.70. The monoisotopic (exact) mass is 408 g/mol. The van der Waals surface area contributed by atoms with Gasteiger partial charge in [0.05, 0.1) is 18.4 Å². The van der Waals surface area contributed by atoms with E-state index in [1.807, 2.05) is 18.5 Å². The van der Waals surface area contributed by atoms with Crippen LogP contribution >= 0.6 is 23.1 Å². The first-order valence-corrected chi connectivity index (χ1v) is 10.8. The molecule has 3 rings (SSSR count). The van der Waals surface area contributed by atoms with E-state index >= 15 is 0 Å². The van der Waals surface area contributed by atoms with Crippen LogP contribution < -0.4 is 5.32 Å². The predicted octanol–water partition coefficient (Wildman–Crippen LogP) is 3.75. The second kappa shape index (κ2) is 8.88. The highest BCUT2D eigenvalue weighted by Crippen LogP contribution is 2.33. The molecule has 27 heavy (non-hydrogen) atoms. The molecule has 0 unspecified atom stereocenters. The molecule has 1 amide bonds. The molecule has 0 spiro atoms. The van der Waals surface area contributed by atoms with Crippen molar-refractivity contribution in [1.29, 1.82) is 0 Å². The lowest BCUT2D eigenvalue weighted by Crippen LogP contribution is -2.16. The third-order valence-corrected chi connectivity index (χ3v) is 6.67. The number of thiophene rings is 1. The molecule has 2 aromatic heterocycles. The van der Waals surface area contributed by atoms with E-state index in [2.05, 4.69) is 15.5 Å². The van der Waals surface area contributed by atoms with Gasteiger partial charge in [-0.15, -0.1) is 21.5 Å². The summed E-state index contributed by atoms with van der Waals surface area (Å²) in [4.78, 5) is 25.1. The molecule has 1 saturated carbocycles. The van der Waals surface area contributed by atoms with Crippen molar-refractivity contribution in [2.45, 2.75) is 50.1 Å². The van der Waals surface area contributed by atoms with Crippen LogP contribution in [-0.4, -0.2) is 39.5 Å². The Morgan fingerprint density at radius 1 is 1.33 bits per heavy atom. The summed E-state index contributed by atoms with van der Waals surface area (Å²) in [6.45, 7) is 1.88. The number of nitrogens with zero attached hydrogens (tertiary/aromatic N) is 3. The highest BCUT2D eigenvalue weighted by Gasteiger charge is 2.22. The SMILES string of the molecule is COC(=O)c1cc(C)sc1NC(=O)CSc1nnc(C2CCCCC2)n1C. The lowest BCUT2D eigenvalue weighted by Gasteiger charge is -2.20. The molecule has 1 aliphatic rings. The van der Waals surface area contributed by atoms with Crippen molar-refractivity contribution in [2.24, 2.45) is 7.05 Å². The third-order valence-electron chi connectivity index (χ3n) is 4.68. The molecule has 0 saturated heterocycles. The molecule has 7 nitrogen and oxygen atoms in total. The van der Waals surface area contributed by atoms with E-state index in [1.165, 1.54) is 49.5 Å². The fourth-order valence-corrected chi connectivity index (χ4v) is 4.96. The Morgan fingerprint density at radius 2 is 2.07 bits per heavy atom. The van der Waals surface area contributed by atoms with Gasteiger partial charge in [0.1, 0.15) is 10.8 Å². The van der Waals surface area contributed by atoms with Crippen molar-refractivity contribution in [1.82, 2.24) is 14.8 Å². The van der Waals surface area contributed by atoms with Crippen LogP contribution in [0.3, 0.4) is 0 Å². The number of nitrogens with one attached hydrogen (secondary N) is 1. The van der Waals surface area contributed by atoms with Gasteiger partial charge in [0.2, 0.25) is 5.91 Å². The van der Waals surface area contributed by atoms with E-state index in [1.54, 1.807) is 6.07 Å². The van der Waals surface area contributed by atoms with Crippen LogP contribution in [0.15, 0.2) is 11.2 Å². The van der Waals surface area contributed by atoms with E-state index in [-0.39, 0.29) is 11.7 Å². The van der Waals surface area contributed by atoms with E-state index in [4.69, 9.17) is 4.74 Å². The number of esters is 1. The number of amides is 1. The number of hydrogen-bond donors (Lipinski definition) is 1. The topological polar surface area (TPSA) is 86.1 Å². The molecule has 1 aliphatic carbocycles.